The number of carbonyl (C=O) groups is 1. The minimum absolute atomic E-state index is 0. The normalized spacial score (nSPS) is 17.4. The lowest BCUT2D eigenvalue weighted by atomic mass is 10.0. The summed E-state index contributed by atoms with van der Waals surface area (Å²) >= 11 is 0. The molecule has 0 bridgehead atoms. The van der Waals surface area contributed by atoms with Gasteiger partial charge in [-0.1, -0.05) is 31.2 Å². The molecule has 1 unspecified atom stereocenters. The number of nitrogens with zero attached hydrogens (tertiary/aromatic N) is 1. The Kier molecular flexibility index (Phi) is 10.3. The number of benzene rings is 1. The second-order valence-electron chi connectivity index (χ2n) is 6.24. The molecule has 1 aromatic rings. The molecule has 27 heavy (non-hydrogen) atoms. The molecule has 9 heteroatoms. The van der Waals surface area contributed by atoms with Gasteiger partial charge in [-0.3, -0.25) is 4.79 Å². The van der Waals surface area contributed by atoms with E-state index < -0.39 is 10.0 Å². The van der Waals surface area contributed by atoms with Crippen LogP contribution in [0, 0.1) is 0 Å². The largest absolute Gasteiger partial charge is 0.381 e. The Morgan fingerprint density at radius 3 is 2.63 bits per heavy atom. The van der Waals surface area contributed by atoms with Crippen LogP contribution in [-0.2, 0) is 26.0 Å². The van der Waals surface area contributed by atoms with E-state index >= 15 is 0 Å². The van der Waals surface area contributed by atoms with Crippen LogP contribution < -0.4 is 10.0 Å². The van der Waals surface area contributed by atoms with E-state index in [0.29, 0.717) is 26.2 Å². The summed E-state index contributed by atoms with van der Waals surface area (Å²) in [6, 6.07) is 8.15. The molecule has 0 radical (unpaired) electrons. The highest BCUT2D eigenvalue weighted by Crippen LogP contribution is 2.22. The predicted molar refractivity (Wildman–Crippen MR) is 109 cm³/mol. The summed E-state index contributed by atoms with van der Waals surface area (Å²) in [5.74, 6) is -0.353. The summed E-state index contributed by atoms with van der Waals surface area (Å²) in [6.07, 6.45) is 0.968. The van der Waals surface area contributed by atoms with Crippen molar-refractivity contribution < 1.29 is 17.9 Å². The van der Waals surface area contributed by atoms with Crippen molar-refractivity contribution in [2.24, 2.45) is 0 Å². The van der Waals surface area contributed by atoms with Gasteiger partial charge in [-0.25, -0.2) is 13.1 Å². The van der Waals surface area contributed by atoms with E-state index in [1.807, 2.05) is 12.1 Å². The van der Waals surface area contributed by atoms with Gasteiger partial charge < -0.3 is 15.0 Å². The van der Waals surface area contributed by atoms with E-state index in [0.717, 1.165) is 12.0 Å². The first-order valence-electron chi connectivity index (χ1n) is 9.11. The summed E-state index contributed by atoms with van der Waals surface area (Å²) in [4.78, 5) is 14.4. The van der Waals surface area contributed by atoms with Crippen molar-refractivity contribution in [3.05, 3.63) is 35.4 Å². The maximum Gasteiger partial charge on any atom is 0.238 e. The average Bonchev–Trinajstić information content (AvgIpc) is 2.66. The number of nitrogens with one attached hydrogen (secondary N) is 2. The van der Waals surface area contributed by atoms with E-state index in [-0.39, 0.29) is 43.3 Å². The molecule has 1 heterocycles. The van der Waals surface area contributed by atoms with Crippen LogP contribution in [0.1, 0.15) is 31.0 Å². The molecule has 7 nitrogen and oxygen atoms in total. The smallest absolute Gasteiger partial charge is 0.238 e. The molecule has 1 amide bonds. The van der Waals surface area contributed by atoms with Gasteiger partial charge in [-0.15, -0.1) is 12.4 Å². The monoisotopic (exact) mass is 419 g/mol. The minimum atomic E-state index is -3.52. The van der Waals surface area contributed by atoms with Gasteiger partial charge >= 0.3 is 0 Å². The fourth-order valence-electron chi connectivity index (χ4n) is 2.93. The van der Waals surface area contributed by atoms with Crippen LogP contribution in [0.5, 0.6) is 0 Å². The Labute approximate surface area is 168 Å². The molecule has 0 aliphatic carbocycles. The highest BCUT2D eigenvalue weighted by molar-refractivity contribution is 7.89. The quantitative estimate of drug-likeness (QED) is 0.585. The highest BCUT2D eigenvalue weighted by atomic mass is 35.5. The van der Waals surface area contributed by atoms with Gasteiger partial charge in [-0.2, -0.15) is 0 Å². The molecular weight excluding hydrogens is 390 g/mol. The molecule has 154 valence electrons. The minimum Gasteiger partial charge on any atom is -0.381 e. The maximum absolute atomic E-state index is 12.6. The van der Waals surface area contributed by atoms with E-state index in [1.54, 1.807) is 11.8 Å². The fraction of sp³-hybridized carbons (Fsp3) is 0.611. The average molecular weight is 420 g/mol. The lowest BCUT2D eigenvalue weighted by molar-refractivity contribution is -0.133. The molecule has 1 fully saturated rings. The number of carbonyl (C=O) groups excluding carboxylic acids is 1. The van der Waals surface area contributed by atoms with Crippen molar-refractivity contribution in [1.29, 1.82) is 0 Å². The van der Waals surface area contributed by atoms with Crippen molar-refractivity contribution in [2.45, 2.75) is 26.3 Å². The Balaban J connectivity index is 0.00000364. The summed E-state index contributed by atoms with van der Waals surface area (Å²) in [6.45, 7) is 6.19. The van der Waals surface area contributed by atoms with E-state index in [1.165, 1.54) is 5.56 Å². The Bertz CT molecular complexity index is 682. The molecule has 1 saturated heterocycles. The zero-order valence-corrected chi connectivity index (χ0v) is 17.6. The molecule has 1 atom stereocenters. The number of amides is 1. The Morgan fingerprint density at radius 2 is 2.00 bits per heavy atom. The van der Waals surface area contributed by atoms with Gasteiger partial charge in [-0.05, 0) is 24.5 Å². The summed E-state index contributed by atoms with van der Waals surface area (Å²) in [7, 11) is -3.52. The van der Waals surface area contributed by atoms with E-state index in [2.05, 4.69) is 29.1 Å². The SMILES string of the molecule is CCOCCS(=O)(=O)NCC(=O)N1CCNCC1c1ccc(CC)cc1.Cl. The summed E-state index contributed by atoms with van der Waals surface area (Å²) in [5, 5.41) is 3.30. The Morgan fingerprint density at radius 1 is 1.30 bits per heavy atom. The number of aryl methyl sites for hydroxylation is 1. The van der Waals surface area contributed by atoms with Gasteiger partial charge in [0, 0.05) is 26.2 Å². The third-order valence-electron chi connectivity index (χ3n) is 4.48. The molecular formula is C18H30ClN3O4S. The van der Waals surface area contributed by atoms with Crippen LogP contribution in [0.15, 0.2) is 24.3 Å². The van der Waals surface area contributed by atoms with E-state index in [9.17, 15) is 13.2 Å². The van der Waals surface area contributed by atoms with Gasteiger partial charge in [0.25, 0.3) is 0 Å². The Hall–Kier alpha value is -1.19. The fourth-order valence-corrected chi connectivity index (χ4v) is 3.76. The number of hydrogen-bond donors (Lipinski definition) is 2. The first-order valence-corrected chi connectivity index (χ1v) is 10.8. The first kappa shape index (κ1) is 23.8. The maximum atomic E-state index is 12.6. The van der Waals surface area contributed by atoms with Crippen molar-refractivity contribution >= 4 is 28.3 Å². The number of ether oxygens (including phenoxy) is 1. The zero-order valence-electron chi connectivity index (χ0n) is 15.9. The van der Waals surface area contributed by atoms with Gasteiger partial charge in [0.2, 0.25) is 15.9 Å². The van der Waals surface area contributed by atoms with Crippen molar-refractivity contribution in [1.82, 2.24) is 14.9 Å². The predicted octanol–water partition coefficient (Wildman–Crippen LogP) is 1.10. The number of hydrogen-bond acceptors (Lipinski definition) is 5. The van der Waals surface area contributed by atoms with Crippen molar-refractivity contribution in [2.75, 3.05) is 45.1 Å². The zero-order chi connectivity index (χ0) is 19.0. The number of sulfonamides is 1. The second-order valence-corrected chi connectivity index (χ2v) is 8.17. The van der Waals surface area contributed by atoms with Crippen LogP contribution in [-0.4, -0.2) is 64.4 Å². The molecule has 0 spiro atoms. The molecule has 1 aliphatic heterocycles. The molecule has 2 rings (SSSR count). The van der Waals surface area contributed by atoms with Crippen LogP contribution in [0.3, 0.4) is 0 Å². The van der Waals surface area contributed by atoms with Crippen LogP contribution >= 0.6 is 12.4 Å². The number of piperazine rings is 1. The molecule has 0 aromatic heterocycles. The lowest BCUT2D eigenvalue weighted by Crippen LogP contribution is -2.51. The van der Waals surface area contributed by atoms with Gasteiger partial charge in [0.15, 0.2) is 0 Å². The lowest BCUT2D eigenvalue weighted by Gasteiger charge is -2.36. The topological polar surface area (TPSA) is 87.7 Å². The van der Waals surface area contributed by atoms with Crippen LogP contribution in [0.4, 0.5) is 0 Å². The standard InChI is InChI=1S/C18H29N3O4S.ClH/c1-3-15-5-7-16(8-6-15)17-13-19-9-10-21(17)18(22)14-20-26(23,24)12-11-25-4-2;/h5-8,17,19-20H,3-4,9-14H2,1-2H3;1H. The number of rotatable bonds is 9. The highest BCUT2D eigenvalue weighted by Gasteiger charge is 2.28. The number of halogens is 1. The molecule has 1 aliphatic rings. The third-order valence-corrected chi connectivity index (χ3v) is 5.77. The summed E-state index contributed by atoms with van der Waals surface area (Å²) < 4.78 is 31.3. The van der Waals surface area contributed by atoms with Crippen LogP contribution in [0.2, 0.25) is 0 Å². The third kappa shape index (κ3) is 7.38. The molecule has 1 aromatic carbocycles. The van der Waals surface area contributed by atoms with Crippen molar-refractivity contribution in [3.63, 3.8) is 0 Å². The molecule has 0 saturated carbocycles. The van der Waals surface area contributed by atoms with Crippen molar-refractivity contribution in [3.8, 4) is 0 Å². The van der Waals surface area contributed by atoms with Gasteiger partial charge in [0.1, 0.15) is 0 Å². The van der Waals surface area contributed by atoms with E-state index in [4.69, 9.17) is 4.74 Å². The molecule has 2 N–H and O–H groups in total. The second kappa shape index (κ2) is 11.6. The first-order chi connectivity index (χ1) is 12.5. The summed E-state index contributed by atoms with van der Waals surface area (Å²) in [5.41, 5.74) is 2.31. The van der Waals surface area contributed by atoms with Crippen LogP contribution in [0.25, 0.3) is 0 Å². The van der Waals surface area contributed by atoms with Gasteiger partial charge in [0.05, 0.1) is 24.9 Å².